The lowest BCUT2D eigenvalue weighted by Gasteiger charge is -2.20. The molecule has 0 saturated heterocycles. The van der Waals surface area contributed by atoms with E-state index in [1.54, 1.807) is 0 Å². The highest BCUT2D eigenvalue weighted by atomic mass is 79.9. The molecular formula is C15H22BrF2N. The molecule has 1 aromatic carbocycles. The normalized spacial score (nSPS) is 13.0. The Balaban J connectivity index is 2.86. The summed E-state index contributed by atoms with van der Waals surface area (Å²) in [6, 6.07) is 2.40. The zero-order valence-electron chi connectivity index (χ0n) is 11.8. The molecule has 0 heterocycles. The Morgan fingerprint density at radius 2 is 1.74 bits per heavy atom. The second kappa shape index (κ2) is 7.95. The van der Waals surface area contributed by atoms with Crippen molar-refractivity contribution in [2.24, 2.45) is 5.92 Å². The highest BCUT2D eigenvalue weighted by Gasteiger charge is 2.20. The summed E-state index contributed by atoms with van der Waals surface area (Å²) >= 11 is 3.11. The van der Waals surface area contributed by atoms with E-state index in [2.05, 4.69) is 35.1 Å². The van der Waals surface area contributed by atoms with Gasteiger partial charge in [-0.1, -0.05) is 49.5 Å². The minimum Gasteiger partial charge on any atom is -0.310 e. The van der Waals surface area contributed by atoms with E-state index in [4.69, 9.17) is 0 Å². The van der Waals surface area contributed by atoms with Gasteiger partial charge in [-0.25, -0.2) is 8.78 Å². The number of halogens is 3. The van der Waals surface area contributed by atoms with E-state index >= 15 is 0 Å². The second-order valence-electron chi connectivity index (χ2n) is 5.22. The average molecular weight is 334 g/mol. The first-order valence-corrected chi connectivity index (χ1v) is 7.62. The van der Waals surface area contributed by atoms with Gasteiger partial charge in [0.25, 0.3) is 0 Å². The summed E-state index contributed by atoms with van der Waals surface area (Å²) in [5.41, 5.74) is 0.161. The van der Waals surface area contributed by atoms with Crippen LogP contribution in [0.2, 0.25) is 0 Å². The number of hydrogen-bond donors (Lipinski definition) is 1. The van der Waals surface area contributed by atoms with E-state index in [1.165, 1.54) is 12.1 Å². The van der Waals surface area contributed by atoms with Gasteiger partial charge in [0.05, 0.1) is 0 Å². The van der Waals surface area contributed by atoms with E-state index in [0.717, 1.165) is 19.3 Å². The SMILES string of the molecule is CCNC(CCCC(C)C)c1c(F)cc(Br)cc1F. The monoisotopic (exact) mass is 333 g/mol. The molecule has 1 unspecified atom stereocenters. The van der Waals surface area contributed by atoms with E-state index in [-0.39, 0.29) is 11.6 Å². The lowest BCUT2D eigenvalue weighted by molar-refractivity contribution is 0.423. The largest absolute Gasteiger partial charge is 0.310 e. The number of hydrogen-bond acceptors (Lipinski definition) is 1. The Bertz CT molecular complexity index is 384. The maximum atomic E-state index is 14.0. The van der Waals surface area contributed by atoms with Crippen LogP contribution in [0.1, 0.15) is 51.6 Å². The van der Waals surface area contributed by atoms with Gasteiger partial charge in [-0.15, -0.1) is 0 Å². The van der Waals surface area contributed by atoms with Crippen LogP contribution >= 0.6 is 15.9 Å². The maximum absolute atomic E-state index is 14.0. The van der Waals surface area contributed by atoms with Crippen molar-refractivity contribution in [3.63, 3.8) is 0 Å². The molecule has 1 atom stereocenters. The summed E-state index contributed by atoms with van der Waals surface area (Å²) in [7, 11) is 0. The summed E-state index contributed by atoms with van der Waals surface area (Å²) in [6.07, 6.45) is 2.79. The zero-order chi connectivity index (χ0) is 14.4. The molecule has 0 radical (unpaired) electrons. The molecule has 0 aliphatic rings. The molecule has 0 bridgehead atoms. The van der Waals surface area contributed by atoms with Crippen molar-refractivity contribution in [2.45, 2.75) is 46.1 Å². The summed E-state index contributed by atoms with van der Waals surface area (Å²) in [5, 5.41) is 3.18. The van der Waals surface area contributed by atoms with Crippen LogP contribution < -0.4 is 5.32 Å². The topological polar surface area (TPSA) is 12.0 Å². The summed E-state index contributed by atoms with van der Waals surface area (Å²) in [4.78, 5) is 0. The van der Waals surface area contributed by atoms with Crippen LogP contribution in [0.5, 0.6) is 0 Å². The standard InChI is InChI=1S/C15H22BrF2N/c1-4-19-14(7-5-6-10(2)3)15-12(17)8-11(16)9-13(15)18/h8-10,14,19H,4-7H2,1-3H3. The van der Waals surface area contributed by atoms with Crippen LogP contribution in [-0.2, 0) is 0 Å². The smallest absolute Gasteiger partial charge is 0.132 e. The molecule has 0 amide bonds. The Morgan fingerprint density at radius 1 is 1.16 bits per heavy atom. The van der Waals surface area contributed by atoms with Crippen LogP contribution in [0.25, 0.3) is 0 Å². The fourth-order valence-corrected chi connectivity index (χ4v) is 2.61. The summed E-state index contributed by atoms with van der Waals surface area (Å²) in [6.45, 7) is 6.96. The van der Waals surface area contributed by atoms with Crippen LogP contribution in [-0.4, -0.2) is 6.54 Å². The molecule has 1 N–H and O–H groups in total. The van der Waals surface area contributed by atoms with Crippen LogP contribution in [0.3, 0.4) is 0 Å². The third kappa shape index (κ3) is 5.19. The van der Waals surface area contributed by atoms with Gasteiger partial charge < -0.3 is 5.32 Å². The average Bonchev–Trinajstić information content (AvgIpc) is 2.26. The first-order chi connectivity index (χ1) is 8.95. The molecule has 0 aliphatic heterocycles. The van der Waals surface area contributed by atoms with Gasteiger partial charge in [-0.3, -0.25) is 0 Å². The third-order valence-electron chi connectivity index (χ3n) is 3.12. The Kier molecular flexibility index (Phi) is 6.94. The van der Waals surface area contributed by atoms with Crippen LogP contribution in [0.15, 0.2) is 16.6 Å². The number of rotatable bonds is 7. The highest BCUT2D eigenvalue weighted by molar-refractivity contribution is 9.10. The first kappa shape index (κ1) is 16.6. The second-order valence-corrected chi connectivity index (χ2v) is 6.13. The van der Waals surface area contributed by atoms with Gasteiger partial charge in [0.2, 0.25) is 0 Å². The van der Waals surface area contributed by atoms with Gasteiger partial charge in [-0.05, 0) is 31.0 Å². The van der Waals surface area contributed by atoms with Crippen molar-refractivity contribution >= 4 is 15.9 Å². The fourth-order valence-electron chi connectivity index (χ4n) is 2.21. The lowest BCUT2D eigenvalue weighted by Crippen LogP contribution is -2.23. The quantitative estimate of drug-likeness (QED) is 0.722. The predicted octanol–water partition coefficient (Wildman–Crippen LogP) is 5.20. The zero-order valence-corrected chi connectivity index (χ0v) is 13.4. The molecule has 1 aromatic rings. The Morgan fingerprint density at radius 3 is 2.21 bits per heavy atom. The van der Waals surface area contributed by atoms with E-state index in [9.17, 15) is 8.78 Å². The summed E-state index contributed by atoms with van der Waals surface area (Å²) in [5.74, 6) is -0.355. The fraction of sp³-hybridized carbons (Fsp3) is 0.600. The maximum Gasteiger partial charge on any atom is 0.132 e. The Hall–Kier alpha value is -0.480. The molecule has 0 aromatic heterocycles. The first-order valence-electron chi connectivity index (χ1n) is 6.83. The minimum absolute atomic E-state index is 0.161. The lowest BCUT2D eigenvalue weighted by atomic mass is 9.97. The molecule has 4 heteroatoms. The van der Waals surface area contributed by atoms with Crippen LogP contribution in [0, 0.1) is 17.6 Å². The molecular weight excluding hydrogens is 312 g/mol. The third-order valence-corrected chi connectivity index (χ3v) is 3.57. The molecule has 0 saturated carbocycles. The van der Waals surface area contributed by atoms with Gasteiger partial charge in [-0.2, -0.15) is 0 Å². The van der Waals surface area contributed by atoms with E-state index in [0.29, 0.717) is 16.9 Å². The van der Waals surface area contributed by atoms with Crippen molar-refractivity contribution in [3.8, 4) is 0 Å². The number of benzene rings is 1. The van der Waals surface area contributed by atoms with Crippen LogP contribution in [0.4, 0.5) is 8.78 Å². The minimum atomic E-state index is -0.484. The molecule has 1 nitrogen and oxygen atoms in total. The van der Waals surface area contributed by atoms with Gasteiger partial charge in [0.1, 0.15) is 11.6 Å². The van der Waals surface area contributed by atoms with Crippen molar-refractivity contribution in [2.75, 3.05) is 6.54 Å². The number of nitrogens with one attached hydrogen (secondary N) is 1. The highest BCUT2D eigenvalue weighted by Crippen LogP contribution is 2.28. The van der Waals surface area contributed by atoms with Crippen molar-refractivity contribution in [1.29, 1.82) is 0 Å². The molecule has 19 heavy (non-hydrogen) atoms. The molecule has 0 spiro atoms. The van der Waals surface area contributed by atoms with Gasteiger partial charge in [0.15, 0.2) is 0 Å². The van der Waals surface area contributed by atoms with Gasteiger partial charge in [0, 0.05) is 16.1 Å². The van der Waals surface area contributed by atoms with Crippen molar-refractivity contribution < 1.29 is 8.78 Å². The van der Waals surface area contributed by atoms with Gasteiger partial charge >= 0.3 is 0 Å². The predicted molar refractivity (Wildman–Crippen MR) is 79.2 cm³/mol. The van der Waals surface area contributed by atoms with E-state index < -0.39 is 11.6 Å². The Labute approximate surface area is 122 Å². The van der Waals surface area contributed by atoms with Crippen molar-refractivity contribution in [1.82, 2.24) is 5.32 Å². The molecule has 1 rings (SSSR count). The molecule has 0 fully saturated rings. The molecule has 108 valence electrons. The molecule has 0 aliphatic carbocycles. The van der Waals surface area contributed by atoms with E-state index in [1.807, 2.05) is 6.92 Å². The summed E-state index contributed by atoms with van der Waals surface area (Å²) < 4.78 is 28.4. The van der Waals surface area contributed by atoms with Crippen molar-refractivity contribution in [3.05, 3.63) is 33.8 Å².